The predicted molar refractivity (Wildman–Crippen MR) is 73.6 cm³/mol. The van der Waals surface area contributed by atoms with E-state index < -0.39 is 22.0 Å². The highest BCUT2D eigenvalue weighted by Gasteiger charge is 2.30. The predicted octanol–water partition coefficient (Wildman–Crippen LogP) is -0.933. The Bertz CT molecular complexity index is 615. The number of hydrogen-bond donors (Lipinski definition) is 2. The molecule has 1 aromatic carbocycles. The average molecular weight is 297 g/mol. The summed E-state index contributed by atoms with van der Waals surface area (Å²) in [6.07, 6.45) is 1.03. The molecule has 0 aliphatic carbocycles. The summed E-state index contributed by atoms with van der Waals surface area (Å²) in [5.41, 5.74) is 0.406. The molecular formula is C12H15N3O4S. The first-order valence-electron chi connectivity index (χ1n) is 5.98. The molecule has 0 spiro atoms. The fourth-order valence-corrected chi connectivity index (χ4v) is 2.63. The van der Waals surface area contributed by atoms with E-state index in [1.165, 1.54) is 0 Å². The van der Waals surface area contributed by atoms with Gasteiger partial charge in [-0.05, 0) is 12.1 Å². The van der Waals surface area contributed by atoms with Gasteiger partial charge in [0.15, 0.2) is 0 Å². The lowest BCUT2D eigenvalue weighted by Crippen LogP contribution is -2.62. The van der Waals surface area contributed by atoms with Gasteiger partial charge < -0.3 is 10.6 Å². The largest absolute Gasteiger partial charge is 0.352 e. The zero-order valence-electron chi connectivity index (χ0n) is 10.9. The third-order valence-corrected chi connectivity index (χ3v) is 4.00. The van der Waals surface area contributed by atoms with E-state index in [4.69, 9.17) is 0 Å². The van der Waals surface area contributed by atoms with Crippen LogP contribution in [0.2, 0.25) is 0 Å². The highest BCUT2D eigenvalue weighted by molar-refractivity contribution is 7.92. The second-order valence-electron chi connectivity index (χ2n) is 4.47. The molecule has 1 unspecified atom stereocenters. The minimum atomic E-state index is -3.58. The van der Waals surface area contributed by atoms with E-state index in [1.807, 2.05) is 0 Å². The van der Waals surface area contributed by atoms with Gasteiger partial charge in [-0.2, -0.15) is 0 Å². The number of rotatable bonds is 5. The quantitative estimate of drug-likeness (QED) is 0.686. The summed E-state index contributed by atoms with van der Waals surface area (Å²) < 4.78 is 24.5. The topological polar surface area (TPSA) is 95.6 Å². The standard InChI is InChI=1S/C12H15N3O4S/c1-20(18,19)15(9-5-3-2-4-6-9)8-11(16)14-10-7-13-12(10)17/h2-6,10H,7-8H2,1H3,(H,13,17)(H,14,16). The number of β-lactam (4-membered cyclic amide) rings is 1. The third-order valence-electron chi connectivity index (χ3n) is 2.86. The minimum Gasteiger partial charge on any atom is -0.352 e. The number of nitrogens with zero attached hydrogens (tertiary/aromatic N) is 1. The Morgan fingerprint density at radius 1 is 1.40 bits per heavy atom. The first kappa shape index (κ1) is 14.3. The van der Waals surface area contributed by atoms with Crippen LogP contribution in [0.1, 0.15) is 0 Å². The lowest BCUT2D eigenvalue weighted by molar-refractivity contribution is -0.132. The summed E-state index contributed by atoms with van der Waals surface area (Å²) in [5, 5.41) is 4.97. The minimum absolute atomic E-state index is 0.260. The van der Waals surface area contributed by atoms with Gasteiger partial charge >= 0.3 is 0 Å². The maximum atomic E-state index is 11.8. The van der Waals surface area contributed by atoms with Crippen molar-refractivity contribution < 1.29 is 18.0 Å². The van der Waals surface area contributed by atoms with Crippen LogP contribution in [0, 0.1) is 0 Å². The van der Waals surface area contributed by atoms with Crippen LogP contribution in [0.4, 0.5) is 5.69 Å². The first-order valence-corrected chi connectivity index (χ1v) is 7.82. The second-order valence-corrected chi connectivity index (χ2v) is 6.38. The molecular weight excluding hydrogens is 282 g/mol. The number of nitrogens with one attached hydrogen (secondary N) is 2. The summed E-state index contributed by atoms with van der Waals surface area (Å²) in [6.45, 7) is 0.0153. The number of para-hydroxylation sites is 1. The fraction of sp³-hybridized carbons (Fsp3) is 0.333. The van der Waals surface area contributed by atoms with Gasteiger partial charge in [0, 0.05) is 6.54 Å². The SMILES string of the molecule is CS(=O)(=O)N(CC(=O)NC1CNC1=O)c1ccccc1. The van der Waals surface area contributed by atoms with E-state index in [2.05, 4.69) is 10.6 Å². The van der Waals surface area contributed by atoms with Crippen LogP contribution in [0.15, 0.2) is 30.3 Å². The van der Waals surface area contributed by atoms with Crippen LogP contribution < -0.4 is 14.9 Å². The monoisotopic (exact) mass is 297 g/mol. The van der Waals surface area contributed by atoms with E-state index in [0.717, 1.165) is 10.6 Å². The van der Waals surface area contributed by atoms with Crippen molar-refractivity contribution >= 4 is 27.5 Å². The van der Waals surface area contributed by atoms with Gasteiger partial charge in [-0.3, -0.25) is 13.9 Å². The molecule has 1 aromatic rings. The number of sulfonamides is 1. The highest BCUT2D eigenvalue weighted by atomic mass is 32.2. The molecule has 2 amide bonds. The molecule has 7 nitrogen and oxygen atoms in total. The molecule has 1 aliphatic heterocycles. The average Bonchev–Trinajstić information content (AvgIpc) is 2.40. The molecule has 1 fully saturated rings. The molecule has 0 radical (unpaired) electrons. The molecule has 2 N–H and O–H groups in total. The number of benzene rings is 1. The maximum absolute atomic E-state index is 11.8. The number of carbonyl (C=O) groups is 2. The van der Waals surface area contributed by atoms with Crippen molar-refractivity contribution in [3.63, 3.8) is 0 Å². The van der Waals surface area contributed by atoms with Crippen molar-refractivity contribution in [3.05, 3.63) is 30.3 Å². The summed E-state index contributed by atoms with van der Waals surface area (Å²) in [4.78, 5) is 22.9. The molecule has 0 aromatic heterocycles. The van der Waals surface area contributed by atoms with Crippen molar-refractivity contribution in [2.75, 3.05) is 23.7 Å². The molecule has 1 saturated heterocycles. The zero-order chi connectivity index (χ0) is 14.8. The van der Waals surface area contributed by atoms with Crippen LogP contribution >= 0.6 is 0 Å². The van der Waals surface area contributed by atoms with Crippen molar-refractivity contribution in [2.45, 2.75) is 6.04 Å². The third kappa shape index (κ3) is 3.27. The summed E-state index contributed by atoms with van der Waals surface area (Å²) >= 11 is 0. The van der Waals surface area contributed by atoms with Crippen LogP contribution in [0.5, 0.6) is 0 Å². The Morgan fingerprint density at radius 3 is 2.50 bits per heavy atom. The van der Waals surface area contributed by atoms with Crippen molar-refractivity contribution in [3.8, 4) is 0 Å². The van der Waals surface area contributed by atoms with E-state index in [-0.39, 0.29) is 12.5 Å². The normalized spacial score (nSPS) is 17.9. The van der Waals surface area contributed by atoms with Crippen LogP contribution in [0.3, 0.4) is 0 Å². The van der Waals surface area contributed by atoms with Gasteiger partial charge in [0.1, 0.15) is 12.6 Å². The maximum Gasteiger partial charge on any atom is 0.244 e. The van der Waals surface area contributed by atoms with E-state index in [1.54, 1.807) is 30.3 Å². The van der Waals surface area contributed by atoms with Crippen LogP contribution in [-0.2, 0) is 19.6 Å². The molecule has 0 bridgehead atoms. The number of carbonyl (C=O) groups excluding carboxylic acids is 2. The van der Waals surface area contributed by atoms with Gasteiger partial charge in [-0.15, -0.1) is 0 Å². The van der Waals surface area contributed by atoms with Gasteiger partial charge in [0.05, 0.1) is 11.9 Å². The lowest BCUT2D eigenvalue weighted by atomic mass is 10.1. The summed E-state index contributed by atoms with van der Waals surface area (Å²) in [5.74, 6) is -0.775. The highest BCUT2D eigenvalue weighted by Crippen LogP contribution is 2.16. The Hall–Kier alpha value is -2.09. The second kappa shape index (κ2) is 5.49. The van der Waals surface area contributed by atoms with Crippen LogP contribution in [-0.4, -0.2) is 45.6 Å². The van der Waals surface area contributed by atoms with E-state index in [9.17, 15) is 18.0 Å². The molecule has 0 saturated carbocycles. The van der Waals surface area contributed by atoms with E-state index in [0.29, 0.717) is 12.2 Å². The summed E-state index contributed by atoms with van der Waals surface area (Å²) in [6, 6.07) is 7.76. The van der Waals surface area contributed by atoms with Crippen molar-refractivity contribution in [1.29, 1.82) is 0 Å². The number of hydrogen-bond acceptors (Lipinski definition) is 4. The molecule has 8 heteroatoms. The smallest absolute Gasteiger partial charge is 0.244 e. The van der Waals surface area contributed by atoms with E-state index >= 15 is 0 Å². The summed E-state index contributed by atoms with van der Waals surface area (Å²) in [7, 11) is -3.58. The Kier molecular flexibility index (Phi) is 3.93. The van der Waals surface area contributed by atoms with Crippen LogP contribution in [0.25, 0.3) is 0 Å². The number of amides is 2. The fourth-order valence-electron chi connectivity index (χ4n) is 1.77. The van der Waals surface area contributed by atoms with Gasteiger partial charge in [-0.1, -0.05) is 18.2 Å². The molecule has 1 atom stereocenters. The van der Waals surface area contributed by atoms with Crippen molar-refractivity contribution in [2.24, 2.45) is 0 Å². The Balaban J connectivity index is 2.09. The Labute approximate surface area is 117 Å². The molecule has 1 aliphatic rings. The zero-order valence-corrected chi connectivity index (χ0v) is 11.7. The lowest BCUT2D eigenvalue weighted by Gasteiger charge is -2.28. The Morgan fingerprint density at radius 2 is 2.05 bits per heavy atom. The van der Waals surface area contributed by atoms with Gasteiger partial charge in [-0.25, -0.2) is 8.42 Å². The molecule has 108 valence electrons. The van der Waals surface area contributed by atoms with Gasteiger partial charge in [0.2, 0.25) is 21.8 Å². The van der Waals surface area contributed by atoms with Crippen molar-refractivity contribution in [1.82, 2.24) is 10.6 Å². The molecule has 1 heterocycles. The number of anilines is 1. The molecule has 20 heavy (non-hydrogen) atoms. The van der Waals surface area contributed by atoms with Gasteiger partial charge in [0.25, 0.3) is 0 Å². The molecule has 2 rings (SSSR count). The first-order chi connectivity index (χ1) is 9.38.